The first-order valence-electron chi connectivity index (χ1n) is 11.3. The third-order valence-electron chi connectivity index (χ3n) is 5.54. The van der Waals surface area contributed by atoms with Crippen LogP contribution in [0.3, 0.4) is 0 Å². The molecular formula is C28H32N2O3. The number of benzene rings is 3. The number of hydrogen-bond acceptors (Lipinski definition) is 3. The second-order valence-corrected chi connectivity index (χ2v) is 8.60. The van der Waals surface area contributed by atoms with Crippen LogP contribution in [0, 0.1) is 6.92 Å². The van der Waals surface area contributed by atoms with E-state index in [0.717, 1.165) is 16.7 Å². The SMILES string of the molecule is Cc1ccc(C(C)C)c(O[C@H](C)C(=O)Nc2ccccc2C(=O)N[C@H](C)c2ccccc2)c1. The predicted octanol–water partition coefficient (Wildman–Crippen LogP) is 6.02. The van der Waals surface area contributed by atoms with Gasteiger partial charge in [0.1, 0.15) is 5.75 Å². The summed E-state index contributed by atoms with van der Waals surface area (Å²) in [7, 11) is 0. The number of amides is 2. The van der Waals surface area contributed by atoms with Crippen molar-refractivity contribution in [2.45, 2.75) is 52.7 Å². The molecule has 3 aromatic rings. The van der Waals surface area contributed by atoms with Crippen molar-refractivity contribution in [3.63, 3.8) is 0 Å². The molecule has 0 heterocycles. The summed E-state index contributed by atoms with van der Waals surface area (Å²) >= 11 is 0. The summed E-state index contributed by atoms with van der Waals surface area (Å²) in [6.07, 6.45) is -0.733. The molecule has 33 heavy (non-hydrogen) atoms. The maximum atomic E-state index is 13.0. The molecule has 0 unspecified atom stereocenters. The van der Waals surface area contributed by atoms with Crippen LogP contribution >= 0.6 is 0 Å². The molecule has 0 aliphatic rings. The van der Waals surface area contributed by atoms with Gasteiger partial charge in [0.15, 0.2) is 6.10 Å². The summed E-state index contributed by atoms with van der Waals surface area (Å²) in [4.78, 5) is 25.9. The monoisotopic (exact) mass is 444 g/mol. The van der Waals surface area contributed by atoms with Gasteiger partial charge in [-0.25, -0.2) is 0 Å². The van der Waals surface area contributed by atoms with Crippen LogP contribution in [0.15, 0.2) is 72.8 Å². The van der Waals surface area contributed by atoms with E-state index in [-0.39, 0.29) is 23.8 Å². The van der Waals surface area contributed by atoms with Crippen LogP contribution in [-0.4, -0.2) is 17.9 Å². The molecule has 2 amide bonds. The van der Waals surface area contributed by atoms with E-state index in [2.05, 4.69) is 24.5 Å². The fourth-order valence-corrected chi connectivity index (χ4v) is 3.59. The first-order valence-corrected chi connectivity index (χ1v) is 11.3. The van der Waals surface area contributed by atoms with Crippen LogP contribution in [0.1, 0.15) is 66.7 Å². The van der Waals surface area contributed by atoms with Gasteiger partial charge in [0.2, 0.25) is 0 Å². The standard InChI is InChI=1S/C28H32N2O3/c1-18(2)23-16-15-19(3)17-26(23)33-21(5)27(31)30-25-14-10-9-13-24(25)28(32)29-20(4)22-11-7-6-8-12-22/h6-18,20-21H,1-5H3,(H,29,32)(H,30,31)/t20-,21-/m1/s1. The highest BCUT2D eigenvalue weighted by Gasteiger charge is 2.21. The minimum atomic E-state index is -0.733. The Hall–Kier alpha value is -3.60. The number of para-hydroxylation sites is 1. The molecule has 5 nitrogen and oxygen atoms in total. The maximum absolute atomic E-state index is 13.0. The second kappa shape index (κ2) is 10.8. The third kappa shape index (κ3) is 6.22. The van der Waals surface area contributed by atoms with E-state index in [1.165, 1.54) is 0 Å². The Morgan fingerprint density at radius 3 is 2.21 bits per heavy atom. The van der Waals surface area contributed by atoms with Crippen LogP contribution in [0.2, 0.25) is 0 Å². The Bertz CT molecular complexity index is 1110. The van der Waals surface area contributed by atoms with Gasteiger partial charge in [-0.05, 0) is 61.6 Å². The third-order valence-corrected chi connectivity index (χ3v) is 5.54. The van der Waals surface area contributed by atoms with E-state index in [9.17, 15) is 9.59 Å². The van der Waals surface area contributed by atoms with E-state index in [1.807, 2.05) is 62.4 Å². The number of rotatable bonds is 8. The van der Waals surface area contributed by atoms with Crippen LogP contribution < -0.4 is 15.4 Å². The molecule has 172 valence electrons. The van der Waals surface area contributed by atoms with Gasteiger partial charge < -0.3 is 15.4 Å². The second-order valence-electron chi connectivity index (χ2n) is 8.60. The zero-order chi connectivity index (χ0) is 24.0. The quantitative estimate of drug-likeness (QED) is 0.447. The lowest BCUT2D eigenvalue weighted by atomic mass is 10.0. The lowest BCUT2D eigenvalue weighted by molar-refractivity contribution is -0.122. The van der Waals surface area contributed by atoms with Crippen molar-refractivity contribution in [3.8, 4) is 5.75 Å². The van der Waals surface area contributed by atoms with Crippen molar-refractivity contribution in [1.29, 1.82) is 0 Å². The van der Waals surface area contributed by atoms with Gasteiger partial charge in [-0.15, -0.1) is 0 Å². The van der Waals surface area contributed by atoms with E-state index in [1.54, 1.807) is 31.2 Å². The fraction of sp³-hybridized carbons (Fsp3) is 0.286. The molecule has 0 aliphatic carbocycles. The Morgan fingerprint density at radius 1 is 0.848 bits per heavy atom. The topological polar surface area (TPSA) is 67.4 Å². The van der Waals surface area contributed by atoms with Crippen LogP contribution in [-0.2, 0) is 4.79 Å². The number of ether oxygens (including phenoxy) is 1. The van der Waals surface area contributed by atoms with Crippen molar-refractivity contribution in [1.82, 2.24) is 5.32 Å². The fourth-order valence-electron chi connectivity index (χ4n) is 3.59. The number of hydrogen-bond donors (Lipinski definition) is 2. The molecule has 0 fully saturated rings. The largest absolute Gasteiger partial charge is 0.481 e. The predicted molar refractivity (Wildman–Crippen MR) is 133 cm³/mol. The number of aryl methyl sites for hydroxylation is 1. The average molecular weight is 445 g/mol. The summed E-state index contributed by atoms with van der Waals surface area (Å²) in [6.45, 7) is 9.81. The van der Waals surface area contributed by atoms with Crippen molar-refractivity contribution in [2.24, 2.45) is 0 Å². The minimum absolute atomic E-state index is 0.166. The molecule has 0 spiro atoms. The molecule has 0 aromatic heterocycles. The Morgan fingerprint density at radius 2 is 1.52 bits per heavy atom. The van der Waals surface area contributed by atoms with Gasteiger partial charge in [0.25, 0.3) is 11.8 Å². The minimum Gasteiger partial charge on any atom is -0.481 e. The van der Waals surface area contributed by atoms with Gasteiger partial charge >= 0.3 is 0 Å². The van der Waals surface area contributed by atoms with E-state index < -0.39 is 6.10 Å². The molecule has 0 saturated heterocycles. The number of nitrogens with one attached hydrogen (secondary N) is 2. The lowest BCUT2D eigenvalue weighted by Gasteiger charge is -2.20. The van der Waals surface area contributed by atoms with E-state index in [0.29, 0.717) is 17.0 Å². The van der Waals surface area contributed by atoms with E-state index in [4.69, 9.17) is 4.74 Å². The number of carbonyl (C=O) groups excluding carboxylic acids is 2. The summed E-state index contributed by atoms with van der Waals surface area (Å²) in [5, 5.41) is 5.86. The van der Waals surface area contributed by atoms with Crippen molar-refractivity contribution in [2.75, 3.05) is 5.32 Å². The lowest BCUT2D eigenvalue weighted by Crippen LogP contribution is -2.32. The van der Waals surface area contributed by atoms with Gasteiger partial charge in [0, 0.05) is 0 Å². The molecule has 3 rings (SSSR count). The average Bonchev–Trinajstić information content (AvgIpc) is 2.79. The normalized spacial score (nSPS) is 12.7. The molecule has 0 aliphatic heterocycles. The molecule has 0 radical (unpaired) electrons. The van der Waals surface area contributed by atoms with Gasteiger partial charge in [-0.1, -0.05) is 68.4 Å². The smallest absolute Gasteiger partial charge is 0.265 e. The molecule has 2 atom stereocenters. The highest BCUT2D eigenvalue weighted by Crippen LogP contribution is 2.28. The van der Waals surface area contributed by atoms with Gasteiger partial charge in [-0.3, -0.25) is 9.59 Å². The Labute approximate surface area is 196 Å². The van der Waals surface area contributed by atoms with Gasteiger partial charge in [-0.2, -0.15) is 0 Å². The van der Waals surface area contributed by atoms with Crippen molar-refractivity contribution >= 4 is 17.5 Å². The Balaban J connectivity index is 1.72. The zero-order valence-electron chi connectivity index (χ0n) is 19.9. The van der Waals surface area contributed by atoms with E-state index >= 15 is 0 Å². The summed E-state index contributed by atoms with van der Waals surface area (Å²) in [6, 6.07) is 22.6. The molecule has 0 saturated carbocycles. The molecule has 3 aromatic carbocycles. The first kappa shape index (κ1) is 24.1. The molecule has 0 bridgehead atoms. The summed E-state index contributed by atoms with van der Waals surface area (Å²) in [5.74, 6) is 0.404. The van der Waals surface area contributed by atoms with Gasteiger partial charge in [0.05, 0.1) is 17.3 Å². The number of anilines is 1. The molecular weight excluding hydrogens is 412 g/mol. The van der Waals surface area contributed by atoms with Crippen LogP contribution in [0.25, 0.3) is 0 Å². The molecule has 2 N–H and O–H groups in total. The molecule has 5 heteroatoms. The van der Waals surface area contributed by atoms with Crippen molar-refractivity contribution in [3.05, 3.63) is 95.1 Å². The summed E-state index contributed by atoms with van der Waals surface area (Å²) < 4.78 is 6.03. The zero-order valence-corrected chi connectivity index (χ0v) is 19.9. The highest BCUT2D eigenvalue weighted by atomic mass is 16.5. The number of carbonyl (C=O) groups is 2. The highest BCUT2D eigenvalue weighted by molar-refractivity contribution is 6.04. The van der Waals surface area contributed by atoms with Crippen molar-refractivity contribution < 1.29 is 14.3 Å². The van der Waals surface area contributed by atoms with Crippen LogP contribution in [0.5, 0.6) is 5.75 Å². The summed E-state index contributed by atoms with van der Waals surface area (Å²) in [5.41, 5.74) is 3.98. The first-order chi connectivity index (χ1) is 15.8. The Kier molecular flexibility index (Phi) is 7.88. The maximum Gasteiger partial charge on any atom is 0.265 e. The van der Waals surface area contributed by atoms with Crippen LogP contribution in [0.4, 0.5) is 5.69 Å².